The Morgan fingerprint density at radius 1 is 1.31 bits per heavy atom. The van der Waals surface area contributed by atoms with Crippen LogP contribution in [-0.4, -0.2) is 32.4 Å². The van der Waals surface area contributed by atoms with Crippen LogP contribution in [0, 0.1) is 10.1 Å². The fourth-order valence-corrected chi connectivity index (χ4v) is 2.39. The van der Waals surface area contributed by atoms with E-state index in [0.29, 0.717) is 12.2 Å². The summed E-state index contributed by atoms with van der Waals surface area (Å²) in [7, 11) is 1.48. The van der Waals surface area contributed by atoms with Gasteiger partial charge in [0.05, 0.1) is 10.5 Å². The van der Waals surface area contributed by atoms with E-state index in [-0.39, 0.29) is 11.3 Å². The van der Waals surface area contributed by atoms with Gasteiger partial charge in [-0.25, -0.2) is 9.97 Å². The normalized spacial score (nSPS) is 10.3. The lowest BCUT2D eigenvalue weighted by Gasteiger charge is -2.11. The highest BCUT2D eigenvalue weighted by Crippen LogP contribution is 2.23. The van der Waals surface area contributed by atoms with Gasteiger partial charge >= 0.3 is 0 Å². The molecule has 0 spiro atoms. The number of hydrogen-bond acceptors (Lipinski definition) is 6. The lowest BCUT2D eigenvalue weighted by molar-refractivity contribution is -0.384. The van der Waals surface area contributed by atoms with Crippen molar-refractivity contribution in [2.75, 3.05) is 12.4 Å². The number of carbonyl (C=O) groups is 1. The molecule has 0 bridgehead atoms. The molecule has 2 heterocycles. The van der Waals surface area contributed by atoms with E-state index < -0.39 is 10.8 Å². The molecule has 1 amide bonds. The second-order valence-electron chi connectivity index (χ2n) is 5.41. The molecule has 0 saturated carbocycles. The second-order valence-corrected chi connectivity index (χ2v) is 5.41. The first-order valence-electron chi connectivity index (χ1n) is 7.76. The number of benzene rings is 1. The summed E-state index contributed by atoms with van der Waals surface area (Å²) >= 11 is 0. The lowest BCUT2D eigenvalue weighted by Crippen LogP contribution is -2.20. The molecule has 26 heavy (non-hydrogen) atoms. The summed E-state index contributed by atoms with van der Waals surface area (Å²) in [6.45, 7) is 0.416. The highest BCUT2D eigenvalue weighted by Gasteiger charge is 2.15. The number of amides is 1. The van der Waals surface area contributed by atoms with Crippen molar-refractivity contribution in [2.45, 2.75) is 6.54 Å². The molecule has 132 valence electrons. The Morgan fingerprint density at radius 3 is 2.77 bits per heavy atom. The Bertz CT molecular complexity index is 922. The van der Waals surface area contributed by atoms with Crippen molar-refractivity contribution in [3.8, 4) is 5.82 Å². The van der Waals surface area contributed by atoms with Gasteiger partial charge in [-0.1, -0.05) is 6.07 Å². The van der Waals surface area contributed by atoms with Gasteiger partial charge in [0.25, 0.3) is 11.6 Å². The maximum Gasteiger partial charge on any atom is 0.270 e. The monoisotopic (exact) mass is 352 g/mol. The fourth-order valence-electron chi connectivity index (χ4n) is 2.39. The number of nitrogens with zero attached hydrogens (tertiary/aromatic N) is 4. The van der Waals surface area contributed by atoms with Gasteiger partial charge in [-0.15, -0.1) is 0 Å². The number of imidazole rings is 1. The molecule has 2 aromatic heterocycles. The molecule has 2 N–H and O–H groups in total. The van der Waals surface area contributed by atoms with Crippen molar-refractivity contribution >= 4 is 17.3 Å². The van der Waals surface area contributed by atoms with Crippen LogP contribution in [0.2, 0.25) is 0 Å². The molecule has 0 aliphatic carbocycles. The molecule has 9 nitrogen and oxygen atoms in total. The van der Waals surface area contributed by atoms with Crippen molar-refractivity contribution in [1.29, 1.82) is 0 Å². The van der Waals surface area contributed by atoms with Gasteiger partial charge < -0.3 is 10.6 Å². The lowest BCUT2D eigenvalue weighted by atomic mass is 10.1. The van der Waals surface area contributed by atoms with Crippen LogP contribution in [0.1, 0.15) is 15.9 Å². The minimum atomic E-state index is -0.533. The number of rotatable bonds is 6. The van der Waals surface area contributed by atoms with Crippen LogP contribution in [0.4, 0.5) is 11.4 Å². The maximum absolute atomic E-state index is 12.0. The number of pyridine rings is 1. The van der Waals surface area contributed by atoms with Crippen LogP contribution in [0.3, 0.4) is 0 Å². The van der Waals surface area contributed by atoms with E-state index in [0.717, 1.165) is 11.4 Å². The van der Waals surface area contributed by atoms with Gasteiger partial charge in [-0.2, -0.15) is 0 Å². The molecule has 3 aromatic rings. The van der Waals surface area contributed by atoms with E-state index in [4.69, 9.17) is 0 Å². The number of anilines is 1. The van der Waals surface area contributed by atoms with Crippen LogP contribution < -0.4 is 10.6 Å². The summed E-state index contributed by atoms with van der Waals surface area (Å²) in [5, 5.41) is 16.5. The molecular weight excluding hydrogens is 336 g/mol. The minimum Gasteiger partial charge on any atom is -0.380 e. The van der Waals surface area contributed by atoms with E-state index in [9.17, 15) is 14.9 Å². The van der Waals surface area contributed by atoms with Gasteiger partial charge in [-0.3, -0.25) is 19.5 Å². The van der Waals surface area contributed by atoms with Gasteiger partial charge in [0.2, 0.25) is 0 Å². The number of nitro benzene ring substituents is 1. The fraction of sp³-hybridized carbons (Fsp3) is 0.118. The summed E-state index contributed by atoms with van der Waals surface area (Å²) in [4.78, 5) is 30.7. The Labute approximate surface area is 148 Å². The Balaban J connectivity index is 1.76. The Kier molecular flexibility index (Phi) is 4.88. The molecule has 0 fully saturated rings. The van der Waals surface area contributed by atoms with Crippen LogP contribution in [-0.2, 0) is 6.54 Å². The predicted octanol–water partition coefficient (Wildman–Crippen LogP) is 2.15. The van der Waals surface area contributed by atoms with Crippen LogP contribution in [0.25, 0.3) is 5.82 Å². The smallest absolute Gasteiger partial charge is 0.270 e. The molecule has 0 atom stereocenters. The van der Waals surface area contributed by atoms with E-state index in [2.05, 4.69) is 20.6 Å². The molecule has 9 heteroatoms. The van der Waals surface area contributed by atoms with Crippen LogP contribution in [0.15, 0.2) is 55.2 Å². The van der Waals surface area contributed by atoms with Crippen molar-refractivity contribution < 1.29 is 9.72 Å². The number of carbonyl (C=O) groups excluding carboxylic acids is 1. The maximum atomic E-state index is 12.0. The average molecular weight is 352 g/mol. The summed E-state index contributed by atoms with van der Waals surface area (Å²) in [6.07, 6.45) is 6.85. The Morgan fingerprint density at radius 2 is 2.15 bits per heavy atom. The third kappa shape index (κ3) is 3.66. The number of aromatic nitrogens is 3. The minimum absolute atomic E-state index is 0.138. The van der Waals surface area contributed by atoms with E-state index in [1.54, 1.807) is 29.5 Å². The summed E-state index contributed by atoms with van der Waals surface area (Å²) in [5.74, 6) is 0.345. The summed E-state index contributed by atoms with van der Waals surface area (Å²) < 4.78 is 1.79. The second kappa shape index (κ2) is 7.43. The quantitative estimate of drug-likeness (QED) is 0.519. The molecule has 0 aliphatic heterocycles. The SMILES string of the molecule is CNC(=O)c1cc([N+](=O)[O-])ccc1NCc1ccc(-n2ccnc2)nc1. The highest BCUT2D eigenvalue weighted by molar-refractivity contribution is 6.00. The summed E-state index contributed by atoms with van der Waals surface area (Å²) in [5.41, 5.74) is 1.48. The molecule has 3 rings (SSSR count). The largest absolute Gasteiger partial charge is 0.380 e. The van der Waals surface area contributed by atoms with Gasteiger partial charge in [-0.05, 0) is 17.7 Å². The molecule has 1 aromatic carbocycles. The average Bonchev–Trinajstić information content (AvgIpc) is 3.20. The number of nitro groups is 1. The first-order valence-corrected chi connectivity index (χ1v) is 7.76. The number of nitrogens with one attached hydrogen (secondary N) is 2. The molecule has 0 radical (unpaired) electrons. The van der Waals surface area contributed by atoms with Crippen molar-refractivity contribution in [2.24, 2.45) is 0 Å². The zero-order valence-corrected chi connectivity index (χ0v) is 13.9. The zero-order valence-electron chi connectivity index (χ0n) is 13.9. The van der Waals surface area contributed by atoms with E-state index >= 15 is 0 Å². The Hall–Kier alpha value is -3.75. The van der Waals surface area contributed by atoms with E-state index in [1.807, 2.05) is 12.1 Å². The molecule has 0 saturated heterocycles. The third-order valence-corrected chi connectivity index (χ3v) is 3.75. The van der Waals surface area contributed by atoms with Gasteiger partial charge in [0.15, 0.2) is 0 Å². The zero-order chi connectivity index (χ0) is 18.5. The predicted molar refractivity (Wildman–Crippen MR) is 95.2 cm³/mol. The van der Waals surface area contributed by atoms with Crippen LogP contribution >= 0.6 is 0 Å². The van der Waals surface area contributed by atoms with E-state index in [1.165, 1.54) is 25.2 Å². The molecule has 0 unspecified atom stereocenters. The third-order valence-electron chi connectivity index (χ3n) is 3.75. The van der Waals surface area contributed by atoms with Gasteiger partial charge in [0, 0.05) is 50.0 Å². The topological polar surface area (TPSA) is 115 Å². The molecular formula is C17H16N6O3. The standard InChI is InChI=1S/C17H16N6O3/c1-18-17(24)14-8-13(23(25)26)3-4-15(14)20-9-12-2-5-16(21-10-12)22-7-6-19-11-22/h2-8,10-11,20H,9H2,1H3,(H,18,24). The summed E-state index contributed by atoms with van der Waals surface area (Å²) in [6, 6.07) is 7.89. The first kappa shape index (κ1) is 17.1. The first-order chi connectivity index (χ1) is 12.6. The number of hydrogen-bond donors (Lipinski definition) is 2. The molecule has 0 aliphatic rings. The van der Waals surface area contributed by atoms with Crippen molar-refractivity contribution in [1.82, 2.24) is 19.9 Å². The number of non-ortho nitro benzene ring substituents is 1. The van der Waals surface area contributed by atoms with Crippen LogP contribution in [0.5, 0.6) is 0 Å². The highest BCUT2D eigenvalue weighted by atomic mass is 16.6. The van der Waals surface area contributed by atoms with Crippen molar-refractivity contribution in [3.63, 3.8) is 0 Å². The van der Waals surface area contributed by atoms with Crippen molar-refractivity contribution in [3.05, 3.63) is 76.5 Å². The van der Waals surface area contributed by atoms with Gasteiger partial charge in [0.1, 0.15) is 12.1 Å².